The van der Waals surface area contributed by atoms with Crippen molar-refractivity contribution >= 4 is 10.0 Å². The molecule has 1 aromatic heterocycles. The Labute approximate surface area is 107 Å². The zero-order valence-electron chi connectivity index (χ0n) is 10.3. The molecule has 2 rings (SSSR count). The van der Waals surface area contributed by atoms with Crippen LogP contribution < -0.4 is 0 Å². The first-order valence-electron chi connectivity index (χ1n) is 5.56. The van der Waals surface area contributed by atoms with Crippen LogP contribution in [-0.2, 0) is 16.6 Å². The number of sulfonamides is 1. The molecule has 4 nitrogen and oxygen atoms in total. The van der Waals surface area contributed by atoms with Crippen molar-refractivity contribution in [3.05, 3.63) is 54.0 Å². The van der Waals surface area contributed by atoms with E-state index in [4.69, 9.17) is 4.42 Å². The fourth-order valence-electron chi connectivity index (χ4n) is 1.67. The van der Waals surface area contributed by atoms with Gasteiger partial charge in [-0.15, -0.1) is 0 Å². The lowest BCUT2D eigenvalue weighted by atomic mass is 10.3. The molecule has 0 amide bonds. The van der Waals surface area contributed by atoms with E-state index in [0.29, 0.717) is 11.4 Å². The van der Waals surface area contributed by atoms with E-state index in [0.717, 1.165) is 11.3 Å². The van der Waals surface area contributed by atoms with Gasteiger partial charge < -0.3 is 4.42 Å². The first-order chi connectivity index (χ1) is 8.51. The smallest absolute Gasteiger partial charge is 0.243 e. The van der Waals surface area contributed by atoms with Gasteiger partial charge in [0.2, 0.25) is 10.0 Å². The quantitative estimate of drug-likeness (QED) is 0.853. The van der Waals surface area contributed by atoms with Crippen molar-refractivity contribution in [1.82, 2.24) is 4.31 Å². The Bertz CT molecular complexity index is 617. The summed E-state index contributed by atoms with van der Waals surface area (Å²) in [6, 6.07) is 10.2. The highest BCUT2D eigenvalue weighted by molar-refractivity contribution is 7.89. The van der Waals surface area contributed by atoms with Crippen molar-refractivity contribution in [3.8, 4) is 0 Å². The predicted molar refractivity (Wildman–Crippen MR) is 68.5 cm³/mol. The Kier molecular flexibility index (Phi) is 3.54. The van der Waals surface area contributed by atoms with Gasteiger partial charge in [0, 0.05) is 19.2 Å². The molecule has 0 saturated carbocycles. The highest BCUT2D eigenvalue weighted by Gasteiger charge is 2.21. The van der Waals surface area contributed by atoms with Crippen LogP contribution in [0.2, 0.25) is 0 Å². The van der Waals surface area contributed by atoms with Crippen molar-refractivity contribution in [2.24, 2.45) is 0 Å². The van der Waals surface area contributed by atoms with Crippen LogP contribution >= 0.6 is 0 Å². The second-order valence-electron chi connectivity index (χ2n) is 4.08. The van der Waals surface area contributed by atoms with Crippen molar-refractivity contribution in [2.45, 2.75) is 18.4 Å². The van der Waals surface area contributed by atoms with E-state index in [2.05, 4.69) is 0 Å². The highest BCUT2D eigenvalue weighted by atomic mass is 32.2. The summed E-state index contributed by atoms with van der Waals surface area (Å²) in [4.78, 5) is 0.300. The predicted octanol–water partition coefficient (Wildman–Crippen LogP) is 2.41. The Hall–Kier alpha value is -1.59. The molecule has 0 bridgehead atoms. The summed E-state index contributed by atoms with van der Waals surface area (Å²) in [7, 11) is -1.88. The van der Waals surface area contributed by atoms with Crippen LogP contribution in [0.25, 0.3) is 0 Å². The average Bonchev–Trinajstić information content (AvgIpc) is 2.76. The number of nitrogens with zero attached hydrogens (tertiary/aromatic N) is 1. The first-order valence-corrected chi connectivity index (χ1v) is 7.00. The minimum Gasteiger partial charge on any atom is -0.469 e. The second kappa shape index (κ2) is 4.96. The third-order valence-electron chi connectivity index (χ3n) is 2.81. The molecule has 0 spiro atoms. The molecule has 5 heteroatoms. The minimum atomic E-state index is -3.44. The first kappa shape index (κ1) is 12.9. The molecule has 1 aromatic carbocycles. The van der Waals surface area contributed by atoms with Gasteiger partial charge in [-0.05, 0) is 25.1 Å². The molecule has 0 aliphatic heterocycles. The zero-order valence-corrected chi connectivity index (χ0v) is 11.1. The van der Waals surface area contributed by atoms with E-state index >= 15 is 0 Å². The minimum absolute atomic E-state index is 0.300. The lowest BCUT2D eigenvalue weighted by molar-refractivity contribution is 0.459. The Morgan fingerprint density at radius 1 is 1.17 bits per heavy atom. The number of hydrogen-bond donors (Lipinski definition) is 0. The van der Waals surface area contributed by atoms with Crippen LogP contribution in [0.3, 0.4) is 0 Å². The molecule has 1 heterocycles. The summed E-state index contributed by atoms with van der Waals surface area (Å²) in [5, 5.41) is 0. The molecule has 0 aliphatic carbocycles. The molecule has 0 aliphatic rings. The maximum absolute atomic E-state index is 12.3. The van der Waals surface area contributed by atoms with Crippen LogP contribution in [0.4, 0.5) is 0 Å². The van der Waals surface area contributed by atoms with Crippen LogP contribution in [0.5, 0.6) is 0 Å². The van der Waals surface area contributed by atoms with Crippen LogP contribution in [-0.4, -0.2) is 19.8 Å². The summed E-state index contributed by atoms with van der Waals surface area (Å²) in [5.74, 6) is 0.741. The van der Waals surface area contributed by atoms with Gasteiger partial charge in [-0.25, -0.2) is 8.42 Å². The number of furan rings is 1. The molecule has 0 radical (unpaired) electrons. The molecular formula is C13H15NO3S. The van der Waals surface area contributed by atoms with E-state index in [-0.39, 0.29) is 0 Å². The summed E-state index contributed by atoms with van der Waals surface area (Å²) in [6.07, 6.45) is 1.56. The van der Waals surface area contributed by atoms with Crippen molar-refractivity contribution < 1.29 is 12.8 Å². The van der Waals surface area contributed by atoms with E-state index in [1.54, 1.807) is 49.7 Å². The number of hydrogen-bond acceptors (Lipinski definition) is 3. The maximum atomic E-state index is 12.3. The topological polar surface area (TPSA) is 50.5 Å². The van der Waals surface area contributed by atoms with E-state index in [9.17, 15) is 8.42 Å². The second-order valence-corrected chi connectivity index (χ2v) is 6.12. The summed E-state index contributed by atoms with van der Waals surface area (Å²) >= 11 is 0. The van der Waals surface area contributed by atoms with E-state index < -0.39 is 10.0 Å². The lowest BCUT2D eigenvalue weighted by Crippen LogP contribution is -2.26. The average molecular weight is 265 g/mol. The van der Waals surface area contributed by atoms with Gasteiger partial charge in [0.05, 0.1) is 11.2 Å². The van der Waals surface area contributed by atoms with Crippen LogP contribution in [0, 0.1) is 6.92 Å². The maximum Gasteiger partial charge on any atom is 0.243 e. The number of aryl methyl sites for hydroxylation is 1. The zero-order chi connectivity index (χ0) is 13.2. The summed E-state index contributed by atoms with van der Waals surface area (Å²) in [5.41, 5.74) is 0.872. The van der Waals surface area contributed by atoms with Crippen LogP contribution in [0.15, 0.2) is 52.0 Å². The molecule has 2 aromatic rings. The molecule has 0 atom stereocenters. The van der Waals surface area contributed by atoms with Crippen LogP contribution in [0.1, 0.15) is 11.3 Å². The van der Waals surface area contributed by atoms with Gasteiger partial charge in [-0.1, -0.05) is 18.2 Å². The van der Waals surface area contributed by atoms with E-state index in [1.165, 1.54) is 4.31 Å². The number of rotatable bonds is 4. The lowest BCUT2D eigenvalue weighted by Gasteiger charge is -2.16. The molecular weight excluding hydrogens is 250 g/mol. The van der Waals surface area contributed by atoms with Crippen molar-refractivity contribution in [3.63, 3.8) is 0 Å². The van der Waals surface area contributed by atoms with Gasteiger partial charge in [-0.2, -0.15) is 4.31 Å². The fraction of sp³-hybridized carbons (Fsp3) is 0.231. The van der Waals surface area contributed by atoms with Gasteiger partial charge in [0.1, 0.15) is 5.76 Å². The van der Waals surface area contributed by atoms with Gasteiger partial charge in [0.25, 0.3) is 0 Å². The largest absolute Gasteiger partial charge is 0.469 e. The normalized spacial score (nSPS) is 11.9. The SMILES string of the molecule is Cc1occc1CN(C)S(=O)(=O)c1ccccc1. The van der Waals surface area contributed by atoms with E-state index in [1.807, 2.05) is 6.92 Å². The van der Waals surface area contributed by atoms with Gasteiger partial charge >= 0.3 is 0 Å². The summed E-state index contributed by atoms with van der Waals surface area (Å²) < 4.78 is 31.0. The third kappa shape index (κ3) is 2.47. The molecule has 0 unspecified atom stereocenters. The molecule has 96 valence electrons. The molecule has 0 fully saturated rings. The standard InChI is InChI=1S/C13H15NO3S/c1-11-12(8-9-17-11)10-14(2)18(15,16)13-6-4-3-5-7-13/h3-9H,10H2,1-2H3. The molecule has 0 saturated heterocycles. The summed E-state index contributed by atoms with van der Waals surface area (Å²) in [6.45, 7) is 2.12. The Morgan fingerprint density at radius 2 is 1.83 bits per heavy atom. The molecule has 18 heavy (non-hydrogen) atoms. The van der Waals surface area contributed by atoms with Crippen molar-refractivity contribution in [2.75, 3.05) is 7.05 Å². The Balaban J connectivity index is 2.24. The monoisotopic (exact) mass is 265 g/mol. The fourth-order valence-corrected chi connectivity index (χ4v) is 2.84. The van der Waals surface area contributed by atoms with Gasteiger partial charge in [0.15, 0.2) is 0 Å². The third-order valence-corrected chi connectivity index (χ3v) is 4.63. The number of benzene rings is 1. The van der Waals surface area contributed by atoms with Gasteiger partial charge in [-0.3, -0.25) is 0 Å². The highest BCUT2D eigenvalue weighted by Crippen LogP contribution is 2.18. The van der Waals surface area contributed by atoms with Crippen molar-refractivity contribution in [1.29, 1.82) is 0 Å². The molecule has 0 N–H and O–H groups in total. The Morgan fingerprint density at radius 3 is 2.39 bits per heavy atom.